The lowest BCUT2D eigenvalue weighted by atomic mass is 10.2. The number of pyridine rings is 1. The summed E-state index contributed by atoms with van der Waals surface area (Å²) >= 11 is 13.1. The van der Waals surface area contributed by atoms with E-state index >= 15 is 0 Å². The molecule has 0 aliphatic carbocycles. The minimum absolute atomic E-state index is 0.120. The van der Waals surface area contributed by atoms with Crippen LogP contribution in [-0.2, 0) is 0 Å². The summed E-state index contributed by atoms with van der Waals surface area (Å²) in [5.41, 5.74) is 0.246. The highest BCUT2D eigenvalue weighted by Crippen LogP contribution is 2.33. The van der Waals surface area contributed by atoms with Crippen molar-refractivity contribution in [2.24, 2.45) is 0 Å². The molecule has 166 valence electrons. The maximum Gasteiger partial charge on any atom is 0.365 e. The van der Waals surface area contributed by atoms with E-state index in [-0.39, 0.29) is 21.3 Å². The van der Waals surface area contributed by atoms with Crippen molar-refractivity contribution in [3.63, 3.8) is 0 Å². The summed E-state index contributed by atoms with van der Waals surface area (Å²) in [5.74, 6) is -0.507. The summed E-state index contributed by atoms with van der Waals surface area (Å²) in [5, 5.41) is 8.40. The molecule has 3 heterocycles. The average molecular weight is 492 g/mol. The van der Waals surface area contributed by atoms with Crippen LogP contribution < -0.4 is 16.8 Å². The number of aromatic nitrogens is 6. The van der Waals surface area contributed by atoms with Crippen LogP contribution in [0.1, 0.15) is 0 Å². The highest BCUT2D eigenvalue weighted by Gasteiger charge is 2.19. The molecule has 0 bridgehead atoms. The number of halogens is 2. The van der Waals surface area contributed by atoms with E-state index in [9.17, 15) is 14.4 Å². The van der Waals surface area contributed by atoms with Gasteiger partial charge in [0.2, 0.25) is 0 Å². The molecule has 10 nitrogen and oxygen atoms in total. The number of hydrogen-bond donors (Lipinski definition) is 1. The molecule has 3 aromatic heterocycles. The van der Waals surface area contributed by atoms with Crippen molar-refractivity contribution in [3.8, 4) is 17.1 Å². The van der Waals surface area contributed by atoms with Gasteiger partial charge in [-0.15, -0.1) is 4.68 Å². The highest BCUT2D eigenvalue weighted by molar-refractivity contribution is 6.38. The second-order valence-corrected chi connectivity index (χ2v) is 7.85. The normalized spacial score (nSPS) is 11.0. The number of fused-ring (bicyclic) bond motifs is 1. The Morgan fingerprint density at radius 2 is 1.59 bits per heavy atom. The van der Waals surface area contributed by atoms with Gasteiger partial charge in [-0.05, 0) is 35.4 Å². The molecule has 0 spiro atoms. The first kappa shape index (κ1) is 21.4. The number of nitrogens with one attached hydrogen (secondary N) is 1. The fourth-order valence-corrected chi connectivity index (χ4v) is 4.19. The second kappa shape index (κ2) is 8.15. The predicted molar refractivity (Wildman–Crippen MR) is 127 cm³/mol. The van der Waals surface area contributed by atoms with Gasteiger partial charge < -0.3 is 4.85 Å². The fraction of sp³-hybridized carbons (Fsp3) is 0. The van der Waals surface area contributed by atoms with Crippen LogP contribution in [0.2, 0.25) is 10.0 Å². The van der Waals surface area contributed by atoms with Crippen LogP contribution in [-0.4, -0.2) is 29.1 Å². The number of nitrogens with zero attached hydrogens (tertiary/aromatic N) is 6. The zero-order valence-corrected chi connectivity index (χ0v) is 18.4. The Balaban J connectivity index is 1.71. The van der Waals surface area contributed by atoms with Gasteiger partial charge in [0.05, 0.1) is 33.0 Å². The molecular formula is C22H11Cl2N7O3. The van der Waals surface area contributed by atoms with Gasteiger partial charge in [-0.3, -0.25) is 19.1 Å². The van der Waals surface area contributed by atoms with E-state index in [1.807, 2.05) is 23.2 Å². The molecular weight excluding hydrogens is 481 g/mol. The van der Waals surface area contributed by atoms with Crippen molar-refractivity contribution in [2.45, 2.75) is 0 Å². The van der Waals surface area contributed by atoms with Gasteiger partial charge in [0, 0.05) is 11.8 Å². The van der Waals surface area contributed by atoms with E-state index in [4.69, 9.17) is 29.8 Å². The Morgan fingerprint density at radius 3 is 2.26 bits per heavy atom. The molecule has 0 saturated heterocycles. The summed E-state index contributed by atoms with van der Waals surface area (Å²) in [6.07, 6.45) is 1.53. The van der Waals surface area contributed by atoms with Gasteiger partial charge in [0.15, 0.2) is 0 Å². The van der Waals surface area contributed by atoms with Crippen molar-refractivity contribution in [1.29, 1.82) is 0 Å². The van der Waals surface area contributed by atoms with Crippen molar-refractivity contribution < 1.29 is 0 Å². The summed E-state index contributed by atoms with van der Waals surface area (Å²) in [7, 11) is 0. The predicted octanol–water partition coefficient (Wildman–Crippen LogP) is 3.27. The van der Waals surface area contributed by atoms with E-state index in [0.29, 0.717) is 22.4 Å². The standard InChI is InChI=1S/C22H11Cl2N7O3/c1-25-20-21(33)27-22(34)30(28-20)13-9-14(23)19(15(24)10-13)31-16-7-8-18(32)29(17(16)11-26-31)12-5-3-2-4-6-12/h2-11H,(H,27,33,34). The molecule has 0 atom stereocenters. The topological polar surface area (TPSA) is 112 Å². The van der Waals surface area contributed by atoms with Crippen molar-refractivity contribution in [1.82, 2.24) is 29.1 Å². The minimum atomic E-state index is -0.891. The van der Waals surface area contributed by atoms with Crippen molar-refractivity contribution in [2.75, 3.05) is 0 Å². The van der Waals surface area contributed by atoms with E-state index < -0.39 is 17.1 Å². The first-order valence-electron chi connectivity index (χ1n) is 9.65. The molecule has 0 aliphatic rings. The van der Waals surface area contributed by atoms with E-state index in [0.717, 1.165) is 4.68 Å². The number of aromatic amines is 1. The van der Waals surface area contributed by atoms with Crippen LogP contribution >= 0.6 is 23.2 Å². The van der Waals surface area contributed by atoms with Crippen LogP contribution in [0.25, 0.3) is 32.9 Å². The summed E-state index contributed by atoms with van der Waals surface area (Å²) in [6.45, 7) is 7.04. The zero-order chi connectivity index (χ0) is 24.0. The van der Waals surface area contributed by atoms with Crippen LogP contribution in [0.3, 0.4) is 0 Å². The van der Waals surface area contributed by atoms with Crippen LogP contribution in [0, 0.1) is 6.57 Å². The van der Waals surface area contributed by atoms with E-state index in [1.54, 1.807) is 18.2 Å². The smallest absolute Gasteiger partial charge is 0.354 e. The third-order valence-electron chi connectivity index (χ3n) is 5.02. The summed E-state index contributed by atoms with van der Waals surface area (Å²) in [6, 6.07) is 14.9. The molecule has 5 rings (SSSR count). The zero-order valence-electron chi connectivity index (χ0n) is 16.9. The Bertz CT molecular complexity index is 1790. The van der Waals surface area contributed by atoms with Crippen LogP contribution in [0.15, 0.2) is 75.2 Å². The van der Waals surface area contributed by atoms with E-state index in [2.05, 4.69) is 15.0 Å². The van der Waals surface area contributed by atoms with Gasteiger partial charge in [-0.2, -0.15) is 5.10 Å². The third kappa shape index (κ3) is 3.40. The minimum Gasteiger partial charge on any atom is -0.354 e. The Labute approximate surface area is 199 Å². The lowest BCUT2D eigenvalue weighted by Crippen LogP contribution is -2.30. The van der Waals surface area contributed by atoms with Gasteiger partial charge in [0.1, 0.15) is 5.69 Å². The molecule has 0 aliphatic heterocycles. The van der Waals surface area contributed by atoms with Gasteiger partial charge >= 0.3 is 11.5 Å². The molecule has 34 heavy (non-hydrogen) atoms. The number of H-pyrrole nitrogens is 1. The number of benzene rings is 2. The van der Waals surface area contributed by atoms with E-state index in [1.165, 1.54) is 33.6 Å². The Hall–Kier alpha value is -4.46. The van der Waals surface area contributed by atoms with Crippen LogP contribution in [0.4, 0.5) is 5.82 Å². The lowest BCUT2D eigenvalue weighted by Gasteiger charge is -2.12. The molecule has 0 saturated carbocycles. The highest BCUT2D eigenvalue weighted by atomic mass is 35.5. The maximum atomic E-state index is 12.6. The monoisotopic (exact) mass is 491 g/mol. The number of hydrogen-bond acceptors (Lipinski definition) is 5. The Morgan fingerprint density at radius 1 is 0.882 bits per heavy atom. The molecule has 2 aromatic carbocycles. The first-order chi connectivity index (χ1) is 16.4. The van der Waals surface area contributed by atoms with Gasteiger partial charge in [-0.1, -0.05) is 48.0 Å². The third-order valence-corrected chi connectivity index (χ3v) is 5.60. The average Bonchev–Trinajstić information content (AvgIpc) is 3.22. The van der Waals surface area contributed by atoms with Crippen LogP contribution in [0.5, 0.6) is 0 Å². The van der Waals surface area contributed by atoms with Crippen molar-refractivity contribution >= 4 is 40.1 Å². The van der Waals surface area contributed by atoms with Crippen molar-refractivity contribution in [3.05, 3.63) is 113 Å². The fourth-order valence-electron chi connectivity index (χ4n) is 3.56. The summed E-state index contributed by atoms with van der Waals surface area (Å²) < 4.78 is 3.82. The largest absolute Gasteiger partial charge is 0.365 e. The SMILES string of the molecule is [C-]#[N+]c1nn(-c2cc(Cl)c(-n3ncc4c3ccc(=O)n4-c3ccccc3)c(Cl)c2)c(=O)[nH]c1=O. The summed E-state index contributed by atoms with van der Waals surface area (Å²) in [4.78, 5) is 41.5. The first-order valence-corrected chi connectivity index (χ1v) is 10.4. The molecule has 0 fully saturated rings. The molecule has 12 heteroatoms. The molecule has 0 amide bonds. The second-order valence-electron chi connectivity index (χ2n) is 7.03. The number of para-hydroxylation sites is 1. The van der Waals surface area contributed by atoms with Gasteiger partial charge in [-0.25, -0.2) is 9.48 Å². The lowest BCUT2D eigenvalue weighted by molar-refractivity contribution is 0.761. The quantitative estimate of drug-likeness (QED) is 0.389. The molecule has 5 aromatic rings. The molecule has 0 radical (unpaired) electrons. The molecule has 1 N–H and O–H groups in total. The molecule has 0 unspecified atom stereocenters. The maximum absolute atomic E-state index is 12.6. The number of rotatable bonds is 3. The van der Waals surface area contributed by atoms with Gasteiger partial charge in [0.25, 0.3) is 11.1 Å². The Kier molecular flexibility index (Phi) is 5.13.